The van der Waals surface area contributed by atoms with Crippen LogP contribution in [0.25, 0.3) is 10.2 Å². The number of benzene rings is 1. The number of hydrogen-bond donors (Lipinski definition) is 0. The Labute approximate surface area is 191 Å². The molecule has 2 aromatic rings. The van der Waals surface area contributed by atoms with Crippen molar-refractivity contribution < 1.29 is 27.5 Å². The molecule has 1 aromatic heterocycles. The van der Waals surface area contributed by atoms with Crippen molar-refractivity contribution in [2.75, 3.05) is 44.4 Å². The highest BCUT2D eigenvalue weighted by Gasteiger charge is 2.26. The standard InChI is InChI=1S/C21H29N3O6S2/c1-3-29-12-11-24-17-8-7-16(30-4-2)13-18(17)31-21(24)22-19(25)14-32(27,28)15-20(26)23-9-5-6-10-23/h7-8,13H,3-6,9-12,14-15H2,1-2H3. The first-order chi connectivity index (χ1) is 15.3. The molecule has 0 unspecified atom stereocenters. The number of sulfone groups is 1. The minimum atomic E-state index is -3.90. The lowest BCUT2D eigenvalue weighted by Crippen LogP contribution is -2.35. The van der Waals surface area contributed by atoms with Gasteiger partial charge in [-0.2, -0.15) is 4.99 Å². The maximum absolute atomic E-state index is 12.5. The zero-order valence-electron chi connectivity index (χ0n) is 18.4. The van der Waals surface area contributed by atoms with Gasteiger partial charge in [0.15, 0.2) is 14.6 Å². The summed E-state index contributed by atoms with van der Waals surface area (Å²) in [4.78, 5) is 30.7. The average Bonchev–Trinajstić information content (AvgIpc) is 3.36. The SMILES string of the molecule is CCOCCn1c(=NC(=O)CS(=O)(=O)CC(=O)N2CCCC2)sc2cc(OCC)ccc21. The molecule has 2 heterocycles. The summed E-state index contributed by atoms with van der Waals surface area (Å²) in [5.74, 6) is -1.99. The van der Waals surface area contributed by atoms with Crippen LogP contribution in [-0.2, 0) is 30.7 Å². The monoisotopic (exact) mass is 483 g/mol. The van der Waals surface area contributed by atoms with Crippen molar-refractivity contribution in [3.8, 4) is 5.75 Å². The molecule has 0 N–H and O–H groups in total. The molecule has 1 saturated heterocycles. The van der Waals surface area contributed by atoms with E-state index in [1.807, 2.05) is 36.6 Å². The van der Waals surface area contributed by atoms with E-state index in [9.17, 15) is 18.0 Å². The van der Waals surface area contributed by atoms with Crippen LogP contribution < -0.4 is 9.54 Å². The summed E-state index contributed by atoms with van der Waals surface area (Å²) < 4.78 is 38.5. The van der Waals surface area contributed by atoms with Crippen molar-refractivity contribution >= 4 is 43.2 Å². The molecule has 11 heteroatoms. The van der Waals surface area contributed by atoms with E-state index in [0.29, 0.717) is 50.0 Å². The predicted octanol–water partition coefficient (Wildman–Crippen LogP) is 1.60. The summed E-state index contributed by atoms with van der Waals surface area (Å²) in [7, 11) is -3.90. The number of fused-ring (bicyclic) bond motifs is 1. The number of hydrogen-bond acceptors (Lipinski definition) is 7. The van der Waals surface area contributed by atoms with Crippen LogP contribution in [0.3, 0.4) is 0 Å². The van der Waals surface area contributed by atoms with E-state index < -0.39 is 33.2 Å². The molecule has 1 aliphatic rings. The molecule has 0 aliphatic carbocycles. The molecule has 3 rings (SSSR count). The zero-order chi connectivity index (χ0) is 23.1. The zero-order valence-corrected chi connectivity index (χ0v) is 20.0. The first-order valence-corrected chi connectivity index (χ1v) is 13.4. The van der Waals surface area contributed by atoms with Crippen molar-refractivity contribution in [2.24, 2.45) is 4.99 Å². The Morgan fingerprint density at radius 3 is 2.56 bits per heavy atom. The molecule has 1 aromatic carbocycles. The number of rotatable bonds is 10. The van der Waals surface area contributed by atoms with Crippen molar-refractivity contribution in [3.63, 3.8) is 0 Å². The van der Waals surface area contributed by atoms with Crippen molar-refractivity contribution in [3.05, 3.63) is 23.0 Å². The third-order valence-electron chi connectivity index (χ3n) is 4.99. The molecule has 0 radical (unpaired) electrons. The number of aromatic nitrogens is 1. The van der Waals surface area contributed by atoms with Crippen LogP contribution in [-0.4, -0.2) is 74.1 Å². The summed E-state index contributed by atoms with van der Waals surface area (Å²) in [5, 5.41) is 0. The molecule has 32 heavy (non-hydrogen) atoms. The molecule has 0 bridgehead atoms. The van der Waals surface area contributed by atoms with Gasteiger partial charge in [0.05, 0.1) is 23.4 Å². The highest BCUT2D eigenvalue weighted by Crippen LogP contribution is 2.23. The van der Waals surface area contributed by atoms with Gasteiger partial charge in [0.25, 0.3) is 5.91 Å². The molecule has 1 aliphatic heterocycles. The average molecular weight is 484 g/mol. The van der Waals surface area contributed by atoms with E-state index in [1.165, 1.54) is 16.2 Å². The van der Waals surface area contributed by atoms with Gasteiger partial charge in [0, 0.05) is 26.2 Å². The summed E-state index contributed by atoms with van der Waals surface area (Å²) >= 11 is 1.28. The minimum absolute atomic E-state index is 0.388. The molecular weight excluding hydrogens is 454 g/mol. The van der Waals surface area contributed by atoms with Gasteiger partial charge >= 0.3 is 0 Å². The van der Waals surface area contributed by atoms with E-state index in [4.69, 9.17) is 9.47 Å². The van der Waals surface area contributed by atoms with Crippen LogP contribution in [0, 0.1) is 0 Å². The smallest absolute Gasteiger partial charge is 0.263 e. The van der Waals surface area contributed by atoms with Gasteiger partial charge in [-0.05, 0) is 44.9 Å². The summed E-state index contributed by atoms with van der Waals surface area (Å²) in [5.41, 5.74) is 0.858. The van der Waals surface area contributed by atoms with Gasteiger partial charge in [0.1, 0.15) is 17.3 Å². The highest BCUT2D eigenvalue weighted by atomic mass is 32.2. The van der Waals surface area contributed by atoms with E-state index in [1.54, 1.807) is 0 Å². The highest BCUT2D eigenvalue weighted by molar-refractivity contribution is 7.92. The van der Waals surface area contributed by atoms with Gasteiger partial charge in [-0.25, -0.2) is 8.42 Å². The van der Waals surface area contributed by atoms with Crippen molar-refractivity contribution in [1.82, 2.24) is 9.47 Å². The van der Waals surface area contributed by atoms with Crippen LogP contribution in [0.4, 0.5) is 0 Å². The third-order valence-corrected chi connectivity index (χ3v) is 7.41. The van der Waals surface area contributed by atoms with Gasteiger partial charge < -0.3 is 18.9 Å². The van der Waals surface area contributed by atoms with Gasteiger partial charge in [-0.15, -0.1) is 0 Å². The summed E-state index contributed by atoms with van der Waals surface area (Å²) in [6.45, 7) is 6.92. The number of amides is 2. The van der Waals surface area contributed by atoms with E-state index in [0.717, 1.165) is 23.1 Å². The van der Waals surface area contributed by atoms with Crippen LogP contribution in [0.1, 0.15) is 26.7 Å². The largest absolute Gasteiger partial charge is 0.494 e. The van der Waals surface area contributed by atoms with Gasteiger partial charge in [-0.3, -0.25) is 9.59 Å². The Kier molecular flexibility index (Phi) is 8.44. The number of carbonyl (C=O) groups excluding carboxylic acids is 2. The van der Waals surface area contributed by atoms with E-state index in [-0.39, 0.29) is 0 Å². The molecule has 0 spiro atoms. The predicted molar refractivity (Wildman–Crippen MR) is 123 cm³/mol. The molecule has 9 nitrogen and oxygen atoms in total. The number of likely N-dealkylation sites (tertiary alicyclic amines) is 1. The fraction of sp³-hybridized carbons (Fsp3) is 0.571. The molecule has 0 atom stereocenters. The lowest BCUT2D eigenvalue weighted by Gasteiger charge is -2.14. The Morgan fingerprint density at radius 2 is 1.88 bits per heavy atom. The summed E-state index contributed by atoms with van der Waals surface area (Å²) in [6, 6.07) is 5.60. The maximum atomic E-state index is 12.5. The normalized spacial score (nSPS) is 14.9. The lowest BCUT2D eigenvalue weighted by molar-refractivity contribution is -0.127. The van der Waals surface area contributed by atoms with Crippen LogP contribution in [0.15, 0.2) is 23.2 Å². The molecule has 1 fully saturated rings. The number of nitrogens with zero attached hydrogens (tertiary/aromatic N) is 3. The second kappa shape index (κ2) is 11.1. The first-order valence-electron chi connectivity index (χ1n) is 10.7. The van der Waals surface area contributed by atoms with E-state index in [2.05, 4.69) is 4.99 Å². The fourth-order valence-corrected chi connectivity index (χ4v) is 5.74. The number of ether oxygens (including phenoxy) is 2. The molecule has 2 amide bonds. The number of carbonyl (C=O) groups is 2. The molecular formula is C21H29N3O6S2. The third kappa shape index (κ3) is 6.39. The maximum Gasteiger partial charge on any atom is 0.263 e. The van der Waals surface area contributed by atoms with Crippen LogP contribution >= 0.6 is 11.3 Å². The Hall–Kier alpha value is -2.24. The Balaban J connectivity index is 1.83. The van der Waals surface area contributed by atoms with Crippen LogP contribution in [0.2, 0.25) is 0 Å². The fourth-order valence-electron chi connectivity index (χ4n) is 3.54. The van der Waals surface area contributed by atoms with Crippen molar-refractivity contribution in [1.29, 1.82) is 0 Å². The second-order valence-electron chi connectivity index (χ2n) is 7.42. The molecule has 0 saturated carbocycles. The Morgan fingerprint density at radius 1 is 1.12 bits per heavy atom. The Bertz CT molecular complexity index is 1130. The second-order valence-corrected chi connectivity index (χ2v) is 10.5. The lowest BCUT2D eigenvalue weighted by atomic mass is 10.3. The van der Waals surface area contributed by atoms with Crippen LogP contribution in [0.5, 0.6) is 5.75 Å². The minimum Gasteiger partial charge on any atom is -0.494 e. The molecule has 176 valence electrons. The number of thiazole rings is 1. The quantitative estimate of drug-likeness (QED) is 0.475. The van der Waals surface area contributed by atoms with Crippen molar-refractivity contribution in [2.45, 2.75) is 33.2 Å². The van der Waals surface area contributed by atoms with Gasteiger partial charge in [0.2, 0.25) is 5.91 Å². The topological polar surface area (TPSA) is 107 Å². The van der Waals surface area contributed by atoms with E-state index >= 15 is 0 Å². The summed E-state index contributed by atoms with van der Waals surface area (Å²) in [6.07, 6.45) is 1.75. The first kappa shape index (κ1) is 24.4. The van der Waals surface area contributed by atoms with Gasteiger partial charge in [-0.1, -0.05) is 11.3 Å².